The van der Waals surface area contributed by atoms with Gasteiger partial charge in [0.15, 0.2) is 0 Å². The fourth-order valence-electron chi connectivity index (χ4n) is 1.58. The van der Waals surface area contributed by atoms with Gasteiger partial charge in [0, 0.05) is 18.2 Å². The van der Waals surface area contributed by atoms with Crippen LogP contribution in [0.2, 0.25) is 0 Å². The molecule has 2 rings (SSSR count). The van der Waals surface area contributed by atoms with Crippen molar-refractivity contribution in [3.8, 4) is 0 Å². The molecule has 0 radical (unpaired) electrons. The molecule has 90 valence electrons. The number of nitro benzene ring substituents is 1. The first kappa shape index (κ1) is 11.5. The van der Waals surface area contributed by atoms with Gasteiger partial charge in [0.25, 0.3) is 5.69 Å². The fourth-order valence-corrected chi connectivity index (χ4v) is 1.58. The molecule has 1 unspecified atom stereocenters. The number of aliphatic carboxylic acids is 1. The number of carboxylic acid groups (broad SMARTS) is 1. The second-order valence-corrected chi connectivity index (χ2v) is 4.06. The normalized spacial score (nSPS) is 16.5. The van der Waals surface area contributed by atoms with E-state index in [1.807, 2.05) is 0 Å². The molecule has 1 atom stereocenters. The van der Waals surface area contributed by atoms with E-state index in [0.717, 1.165) is 12.8 Å². The van der Waals surface area contributed by atoms with Gasteiger partial charge in [-0.3, -0.25) is 20.2 Å². The minimum Gasteiger partial charge on any atom is -0.480 e. The summed E-state index contributed by atoms with van der Waals surface area (Å²) < 4.78 is 0. The standard InChI is InChI=1S/C11H12N2O4/c14-11(15)10(12-8-3-4-8)7-1-5-9(6-2-7)13(16)17/h1-2,5-6,8,10,12H,3-4H2,(H,14,15). The highest BCUT2D eigenvalue weighted by molar-refractivity contribution is 5.75. The van der Waals surface area contributed by atoms with E-state index in [-0.39, 0.29) is 11.7 Å². The highest BCUT2D eigenvalue weighted by atomic mass is 16.6. The van der Waals surface area contributed by atoms with Crippen LogP contribution in [0.1, 0.15) is 24.4 Å². The van der Waals surface area contributed by atoms with Crippen molar-refractivity contribution in [2.75, 3.05) is 0 Å². The minimum atomic E-state index is -0.967. The predicted octanol–water partition coefficient (Wildman–Crippen LogP) is 1.47. The molecule has 0 spiro atoms. The molecule has 17 heavy (non-hydrogen) atoms. The lowest BCUT2D eigenvalue weighted by atomic mass is 10.1. The molecule has 0 saturated heterocycles. The maximum absolute atomic E-state index is 11.1. The Kier molecular flexibility index (Phi) is 3.06. The largest absolute Gasteiger partial charge is 0.480 e. The number of hydrogen-bond acceptors (Lipinski definition) is 4. The highest BCUT2D eigenvalue weighted by Crippen LogP contribution is 2.25. The summed E-state index contributed by atoms with van der Waals surface area (Å²) in [5.74, 6) is -0.967. The van der Waals surface area contributed by atoms with Gasteiger partial charge >= 0.3 is 5.97 Å². The Morgan fingerprint density at radius 3 is 2.41 bits per heavy atom. The maximum atomic E-state index is 11.1. The van der Waals surface area contributed by atoms with Gasteiger partial charge in [-0.2, -0.15) is 0 Å². The SMILES string of the molecule is O=C(O)C(NC1CC1)c1ccc([N+](=O)[O-])cc1. The molecule has 1 aromatic rings. The summed E-state index contributed by atoms with van der Waals surface area (Å²) in [7, 11) is 0. The van der Waals surface area contributed by atoms with Crippen LogP contribution in [0.25, 0.3) is 0 Å². The molecule has 1 saturated carbocycles. The summed E-state index contributed by atoms with van der Waals surface area (Å²) in [6.45, 7) is 0. The van der Waals surface area contributed by atoms with Crippen molar-refractivity contribution in [3.05, 3.63) is 39.9 Å². The average Bonchev–Trinajstić information content (AvgIpc) is 3.09. The quantitative estimate of drug-likeness (QED) is 0.596. The number of nitrogens with zero attached hydrogens (tertiary/aromatic N) is 1. The van der Waals surface area contributed by atoms with E-state index < -0.39 is 16.9 Å². The van der Waals surface area contributed by atoms with Crippen LogP contribution in [0.4, 0.5) is 5.69 Å². The van der Waals surface area contributed by atoms with E-state index >= 15 is 0 Å². The van der Waals surface area contributed by atoms with Gasteiger partial charge in [-0.25, -0.2) is 0 Å². The highest BCUT2D eigenvalue weighted by Gasteiger charge is 2.29. The summed E-state index contributed by atoms with van der Waals surface area (Å²) in [5.41, 5.74) is 0.499. The zero-order valence-electron chi connectivity index (χ0n) is 9.00. The molecule has 1 aromatic carbocycles. The van der Waals surface area contributed by atoms with Gasteiger partial charge in [0.1, 0.15) is 6.04 Å². The van der Waals surface area contributed by atoms with Gasteiger partial charge < -0.3 is 5.11 Å². The van der Waals surface area contributed by atoms with Crippen molar-refractivity contribution in [1.29, 1.82) is 0 Å². The van der Waals surface area contributed by atoms with E-state index in [2.05, 4.69) is 5.32 Å². The molecular weight excluding hydrogens is 224 g/mol. The Balaban J connectivity index is 2.17. The Morgan fingerprint density at radius 1 is 1.41 bits per heavy atom. The fraction of sp³-hybridized carbons (Fsp3) is 0.364. The van der Waals surface area contributed by atoms with Crippen molar-refractivity contribution in [1.82, 2.24) is 5.32 Å². The first-order valence-electron chi connectivity index (χ1n) is 5.31. The van der Waals surface area contributed by atoms with Crippen LogP contribution in [-0.2, 0) is 4.79 Å². The van der Waals surface area contributed by atoms with Crippen molar-refractivity contribution < 1.29 is 14.8 Å². The Labute approximate surface area is 97.4 Å². The lowest BCUT2D eigenvalue weighted by Crippen LogP contribution is -2.30. The average molecular weight is 236 g/mol. The van der Waals surface area contributed by atoms with Gasteiger partial charge in [-0.05, 0) is 18.4 Å². The number of rotatable bonds is 5. The van der Waals surface area contributed by atoms with Crippen molar-refractivity contribution in [3.63, 3.8) is 0 Å². The van der Waals surface area contributed by atoms with E-state index in [4.69, 9.17) is 5.11 Å². The molecule has 0 bridgehead atoms. The minimum absolute atomic E-state index is 0.0377. The van der Waals surface area contributed by atoms with Crippen molar-refractivity contribution >= 4 is 11.7 Å². The smallest absolute Gasteiger partial charge is 0.325 e. The number of non-ortho nitro benzene ring substituents is 1. The Bertz CT molecular complexity index is 439. The lowest BCUT2D eigenvalue weighted by Gasteiger charge is -2.13. The molecule has 1 aliphatic carbocycles. The van der Waals surface area contributed by atoms with E-state index in [1.165, 1.54) is 24.3 Å². The predicted molar refractivity (Wildman–Crippen MR) is 59.6 cm³/mol. The van der Waals surface area contributed by atoms with Gasteiger partial charge in [-0.1, -0.05) is 12.1 Å². The number of hydrogen-bond donors (Lipinski definition) is 2. The number of benzene rings is 1. The van der Waals surface area contributed by atoms with Crippen molar-refractivity contribution in [2.45, 2.75) is 24.9 Å². The lowest BCUT2D eigenvalue weighted by molar-refractivity contribution is -0.384. The first-order chi connectivity index (χ1) is 8.08. The van der Waals surface area contributed by atoms with Gasteiger partial charge in [0.2, 0.25) is 0 Å². The van der Waals surface area contributed by atoms with Crippen LogP contribution in [0.15, 0.2) is 24.3 Å². The molecule has 0 heterocycles. The van der Waals surface area contributed by atoms with Crippen LogP contribution in [0.5, 0.6) is 0 Å². The van der Waals surface area contributed by atoms with Gasteiger partial charge in [0.05, 0.1) is 4.92 Å². The molecule has 2 N–H and O–H groups in total. The maximum Gasteiger partial charge on any atom is 0.325 e. The second-order valence-electron chi connectivity index (χ2n) is 4.06. The molecular formula is C11H12N2O4. The monoisotopic (exact) mass is 236 g/mol. The zero-order valence-corrected chi connectivity index (χ0v) is 9.00. The molecule has 1 fully saturated rings. The van der Waals surface area contributed by atoms with Crippen LogP contribution in [-0.4, -0.2) is 22.0 Å². The first-order valence-corrected chi connectivity index (χ1v) is 5.31. The summed E-state index contributed by atoms with van der Waals surface area (Å²) in [6.07, 6.45) is 1.97. The molecule has 6 heteroatoms. The molecule has 0 amide bonds. The van der Waals surface area contributed by atoms with Crippen LogP contribution < -0.4 is 5.32 Å². The second kappa shape index (κ2) is 4.50. The van der Waals surface area contributed by atoms with E-state index in [9.17, 15) is 14.9 Å². The molecule has 0 aliphatic heterocycles. The zero-order chi connectivity index (χ0) is 12.4. The molecule has 6 nitrogen and oxygen atoms in total. The number of carbonyl (C=O) groups is 1. The third-order valence-electron chi connectivity index (χ3n) is 2.66. The van der Waals surface area contributed by atoms with E-state index in [0.29, 0.717) is 5.56 Å². The van der Waals surface area contributed by atoms with Crippen molar-refractivity contribution in [2.24, 2.45) is 0 Å². The third-order valence-corrected chi connectivity index (χ3v) is 2.66. The molecule has 1 aliphatic rings. The topological polar surface area (TPSA) is 92.5 Å². The number of carboxylic acids is 1. The Hall–Kier alpha value is -1.95. The van der Waals surface area contributed by atoms with Crippen LogP contribution >= 0.6 is 0 Å². The number of nitro groups is 1. The number of nitrogens with one attached hydrogen (secondary N) is 1. The van der Waals surface area contributed by atoms with E-state index in [1.54, 1.807) is 0 Å². The summed E-state index contributed by atoms with van der Waals surface area (Å²) in [5, 5.41) is 22.5. The van der Waals surface area contributed by atoms with Crippen LogP contribution in [0, 0.1) is 10.1 Å². The summed E-state index contributed by atoms with van der Waals surface area (Å²) in [6, 6.07) is 5.06. The Morgan fingerprint density at radius 2 is 2.00 bits per heavy atom. The molecule has 0 aromatic heterocycles. The van der Waals surface area contributed by atoms with Gasteiger partial charge in [-0.15, -0.1) is 0 Å². The summed E-state index contributed by atoms with van der Waals surface area (Å²) in [4.78, 5) is 21.1. The van der Waals surface area contributed by atoms with Crippen LogP contribution in [0.3, 0.4) is 0 Å². The third kappa shape index (κ3) is 2.79. The summed E-state index contributed by atoms with van der Waals surface area (Å²) >= 11 is 0.